The Balaban J connectivity index is 1.77. The van der Waals surface area contributed by atoms with Crippen molar-refractivity contribution in [2.45, 2.75) is 104 Å². The highest BCUT2D eigenvalue weighted by Gasteiger charge is 2.36. The van der Waals surface area contributed by atoms with Gasteiger partial charge in [0.05, 0.1) is 6.04 Å². The van der Waals surface area contributed by atoms with Gasteiger partial charge in [-0.05, 0) is 92.6 Å². The maximum atomic E-state index is 14.6. The van der Waals surface area contributed by atoms with E-state index in [1.807, 2.05) is 31.2 Å². The van der Waals surface area contributed by atoms with Crippen LogP contribution in [0.15, 0.2) is 54.6 Å². The van der Waals surface area contributed by atoms with Crippen molar-refractivity contribution < 1.29 is 33.4 Å². The van der Waals surface area contributed by atoms with Gasteiger partial charge in [0.2, 0.25) is 11.8 Å². The van der Waals surface area contributed by atoms with E-state index in [4.69, 9.17) is 26.7 Å². The Morgan fingerprint density at radius 2 is 1.51 bits per heavy atom. The standard InChI is InChI=1S/C47H65N5O7/c1-6-7-8-9-10-11-33-12-15-37(30(2)24-33)41(54)29-36(18-19-48)47(57)52(5)45-35-14-17-44(59-23-21-50)39(28-35)38-26-34(13-16-43(38)58-22-20-49)27-40(32(4)53)51-46(56)31(3)25-42(45)55/h12-17,24,26,28,31,36,40,45H,6-11,18-23,25,27,29,48-50H2,1-5H3,(H,51,56)/t31-,36-,40+,45+/m1/s1. The number of hydrogen-bond donors (Lipinski definition) is 4. The zero-order valence-electron chi connectivity index (χ0n) is 35.6. The molecule has 0 aromatic heterocycles. The SMILES string of the molecule is CCCCCCCc1ccc(C(=O)C[C@@H](CCN)C(=O)N(C)[C@@H]2C(=O)C[C@@H](C)C(=O)N[C@H](C(C)=O)Cc3ccc(OCCN)c(c3)-c3cc2ccc3OCCN)c(C)c1. The first kappa shape index (κ1) is 46.8. The Bertz CT molecular complexity index is 1930. The summed E-state index contributed by atoms with van der Waals surface area (Å²) >= 11 is 0. The van der Waals surface area contributed by atoms with Crippen LogP contribution >= 0.6 is 0 Å². The molecule has 12 nitrogen and oxygen atoms in total. The fourth-order valence-corrected chi connectivity index (χ4v) is 7.80. The third-order valence-corrected chi connectivity index (χ3v) is 11.1. The van der Waals surface area contributed by atoms with Gasteiger partial charge in [0.1, 0.15) is 30.8 Å². The second kappa shape index (κ2) is 23.0. The van der Waals surface area contributed by atoms with Crippen LogP contribution in [0.4, 0.5) is 0 Å². The van der Waals surface area contributed by atoms with Crippen molar-refractivity contribution in [1.29, 1.82) is 0 Å². The molecular weight excluding hydrogens is 747 g/mol. The smallest absolute Gasteiger partial charge is 0.226 e. The Morgan fingerprint density at radius 1 is 0.847 bits per heavy atom. The number of fused-ring (bicyclic) bond motifs is 5. The number of Topliss-reactive ketones (excluding diaryl/α,β-unsaturated/α-hetero) is 3. The van der Waals surface area contributed by atoms with Crippen molar-refractivity contribution in [2.75, 3.05) is 39.9 Å². The molecule has 4 rings (SSSR count). The number of nitrogens with two attached hydrogens (primary N) is 3. The Morgan fingerprint density at radius 3 is 2.14 bits per heavy atom. The molecule has 0 saturated carbocycles. The summed E-state index contributed by atoms with van der Waals surface area (Å²) in [4.78, 5) is 70.8. The molecule has 1 heterocycles. The van der Waals surface area contributed by atoms with Crippen LogP contribution in [0, 0.1) is 18.8 Å². The number of carbonyl (C=O) groups excluding carboxylic acids is 5. The van der Waals surface area contributed by atoms with Crippen LogP contribution in [0.25, 0.3) is 11.1 Å². The van der Waals surface area contributed by atoms with Gasteiger partial charge in [-0.15, -0.1) is 0 Å². The maximum absolute atomic E-state index is 14.6. The summed E-state index contributed by atoms with van der Waals surface area (Å²) < 4.78 is 12.2. The lowest BCUT2D eigenvalue weighted by atomic mass is 9.88. The number of ether oxygens (including phenoxy) is 2. The quantitative estimate of drug-likeness (QED) is 0.0798. The highest BCUT2D eigenvalue weighted by atomic mass is 16.5. The lowest BCUT2D eigenvalue weighted by molar-refractivity contribution is -0.142. The van der Waals surface area contributed by atoms with Gasteiger partial charge < -0.3 is 36.9 Å². The summed E-state index contributed by atoms with van der Waals surface area (Å²) in [6.07, 6.45) is 6.97. The molecule has 4 atom stereocenters. The van der Waals surface area contributed by atoms with Crippen LogP contribution in [-0.2, 0) is 32.0 Å². The van der Waals surface area contributed by atoms with E-state index < -0.39 is 41.5 Å². The summed E-state index contributed by atoms with van der Waals surface area (Å²) in [5.74, 6) is -2.36. The normalized spacial score (nSPS) is 17.4. The van der Waals surface area contributed by atoms with E-state index in [0.717, 1.165) is 24.0 Å². The third kappa shape index (κ3) is 12.8. The van der Waals surface area contributed by atoms with Gasteiger partial charge in [-0.1, -0.05) is 69.9 Å². The summed E-state index contributed by atoms with van der Waals surface area (Å²) in [5.41, 5.74) is 22.7. The van der Waals surface area contributed by atoms with Gasteiger partial charge in [-0.25, -0.2) is 0 Å². The molecule has 7 N–H and O–H groups in total. The Hall–Kier alpha value is -4.91. The summed E-state index contributed by atoms with van der Waals surface area (Å²) in [6.45, 7) is 8.25. The predicted octanol–water partition coefficient (Wildman–Crippen LogP) is 5.81. The molecule has 59 heavy (non-hydrogen) atoms. The molecule has 3 aromatic rings. The molecular formula is C47H65N5O7. The molecule has 0 fully saturated rings. The predicted molar refractivity (Wildman–Crippen MR) is 231 cm³/mol. The van der Waals surface area contributed by atoms with Crippen LogP contribution in [0.1, 0.15) is 111 Å². The second-order valence-corrected chi connectivity index (χ2v) is 15.9. The number of benzene rings is 3. The van der Waals surface area contributed by atoms with Crippen molar-refractivity contribution in [3.8, 4) is 22.6 Å². The maximum Gasteiger partial charge on any atom is 0.226 e. The van der Waals surface area contributed by atoms with Gasteiger partial charge in [0.25, 0.3) is 0 Å². The molecule has 0 radical (unpaired) electrons. The number of likely N-dealkylation sites (N-methyl/N-ethyl adjacent to an activating group) is 1. The van der Waals surface area contributed by atoms with E-state index in [1.165, 1.54) is 43.1 Å². The van der Waals surface area contributed by atoms with E-state index in [1.54, 1.807) is 38.2 Å². The van der Waals surface area contributed by atoms with Gasteiger partial charge in [0, 0.05) is 61.5 Å². The number of nitrogens with zero attached hydrogens (tertiary/aromatic N) is 1. The molecule has 1 aliphatic rings. The van der Waals surface area contributed by atoms with Crippen LogP contribution in [0.5, 0.6) is 11.5 Å². The molecule has 3 aromatic carbocycles. The highest BCUT2D eigenvalue weighted by Crippen LogP contribution is 2.41. The number of hydrogen-bond acceptors (Lipinski definition) is 10. The second-order valence-electron chi connectivity index (χ2n) is 15.9. The first-order valence-electron chi connectivity index (χ1n) is 21.2. The zero-order valence-corrected chi connectivity index (χ0v) is 35.6. The molecule has 12 heteroatoms. The van der Waals surface area contributed by atoms with Gasteiger partial charge in [-0.3, -0.25) is 24.0 Å². The number of amides is 2. The van der Waals surface area contributed by atoms with E-state index in [-0.39, 0.29) is 70.1 Å². The van der Waals surface area contributed by atoms with Crippen molar-refractivity contribution in [3.05, 3.63) is 82.4 Å². The number of rotatable bonds is 20. The van der Waals surface area contributed by atoms with E-state index in [0.29, 0.717) is 33.8 Å². The first-order chi connectivity index (χ1) is 28.3. The first-order valence-corrected chi connectivity index (χ1v) is 21.2. The lowest BCUT2D eigenvalue weighted by Gasteiger charge is -2.32. The zero-order chi connectivity index (χ0) is 43.1. The van der Waals surface area contributed by atoms with Crippen LogP contribution in [-0.4, -0.2) is 80.0 Å². The van der Waals surface area contributed by atoms with Crippen LogP contribution in [0.2, 0.25) is 0 Å². The summed E-state index contributed by atoms with van der Waals surface area (Å²) in [5, 5.41) is 2.85. The minimum atomic E-state index is -1.16. The fraction of sp³-hybridized carbons (Fsp3) is 0.511. The van der Waals surface area contributed by atoms with E-state index in [2.05, 4.69) is 18.3 Å². The molecule has 0 aliphatic carbocycles. The average molecular weight is 812 g/mol. The fourth-order valence-electron chi connectivity index (χ4n) is 7.80. The van der Waals surface area contributed by atoms with Crippen molar-refractivity contribution in [2.24, 2.45) is 29.0 Å². The van der Waals surface area contributed by atoms with Crippen molar-refractivity contribution in [1.82, 2.24) is 10.2 Å². The number of carbonyl (C=O) groups is 5. The number of ketones is 3. The topological polar surface area (TPSA) is 197 Å². The van der Waals surface area contributed by atoms with Crippen LogP contribution < -0.4 is 32.0 Å². The number of aryl methyl sites for hydroxylation is 2. The molecule has 0 saturated heterocycles. The number of unbranched alkanes of at least 4 members (excludes halogenated alkanes) is 4. The minimum absolute atomic E-state index is 0.0878. The third-order valence-electron chi connectivity index (χ3n) is 11.1. The lowest BCUT2D eigenvalue weighted by Crippen LogP contribution is -2.45. The molecule has 0 unspecified atom stereocenters. The highest BCUT2D eigenvalue weighted by molar-refractivity contribution is 6.01. The van der Waals surface area contributed by atoms with Crippen LogP contribution in [0.3, 0.4) is 0 Å². The largest absolute Gasteiger partial charge is 0.492 e. The van der Waals surface area contributed by atoms with Gasteiger partial charge in [-0.2, -0.15) is 0 Å². The molecule has 0 spiro atoms. The van der Waals surface area contributed by atoms with Crippen molar-refractivity contribution in [3.63, 3.8) is 0 Å². The monoisotopic (exact) mass is 811 g/mol. The van der Waals surface area contributed by atoms with E-state index in [9.17, 15) is 24.0 Å². The number of nitrogens with one attached hydrogen (secondary N) is 1. The van der Waals surface area contributed by atoms with Gasteiger partial charge >= 0.3 is 0 Å². The minimum Gasteiger partial charge on any atom is -0.492 e. The molecule has 1 aliphatic heterocycles. The average Bonchev–Trinajstić information content (AvgIpc) is 3.21. The van der Waals surface area contributed by atoms with E-state index >= 15 is 0 Å². The Labute approximate surface area is 349 Å². The molecule has 2 amide bonds. The van der Waals surface area contributed by atoms with Gasteiger partial charge in [0.15, 0.2) is 17.3 Å². The van der Waals surface area contributed by atoms with Crippen molar-refractivity contribution >= 4 is 29.2 Å². The molecule has 320 valence electrons. The summed E-state index contributed by atoms with van der Waals surface area (Å²) in [7, 11) is 1.55. The molecule has 4 bridgehead atoms. The summed E-state index contributed by atoms with van der Waals surface area (Å²) in [6, 6.07) is 14.6. The Kier molecular flexibility index (Phi) is 18.3.